The second kappa shape index (κ2) is 7.31. The van der Waals surface area contributed by atoms with Crippen LogP contribution in [0, 0.1) is 11.3 Å². The van der Waals surface area contributed by atoms with Crippen LogP contribution in [-0.2, 0) is 9.59 Å². The van der Waals surface area contributed by atoms with E-state index in [4.69, 9.17) is 0 Å². The molecule has 0 N–H and O–H groups in total. The monoisotopic (exact) mass is 332 g/mol. The maximum absolute atomic E-state index is 12.9. The minimum atomic E-state index is -0.443. The van der Waals surface area contributed by atoms with Crippen LogP contribution < -0.4 is 0 Å². The maximum Gasteiger partial charge on any atom is 0.271 e. The number of imide groups is 1. The van der Waals surface area contributed by atoms with Crippen molar-refractivity contribution in [1.82, 2.24) is 4.90 Å². The molecule has 1 aliphatic carbocycles. The van der Waals surface area contributed by atoms with Crippen molar-refractivity contribution >= 4 is 17.9 Å². The van der Waals surface area contributed by atoms with Crippen molar-refractivity contribution in [2.24, 2.45) is 0 Å². The Hall–Kier alpha value is -2.93. The fraction of sp³-hybridized carbons (Fsp3) is 0.286. The standard InChI is InChI=1S/C21H20N2O2/c1-15-18(13-7-10-16-8-3-2-4-9-16)20(24)23(17-11-5-6-12-17)21(25)19(15)14-22/h2-4,7-10,13,17H,5-6,11-12H2,1H3/b10-7+,18-13-. The Balaban J connectivity index is 1.96. The van der Waals surface area contributed by atoms with E-state index in [2.05, 4.69) is 0 Å². The predicted molar refractivity (Wildman–Crippen MR) is 96.0 cm³/mol. The molecule has 2 aliphatic rings. The number of carbonyl (C=O) groups is 2. The first-order chi connectivity index (χ1) is 12.1. The van der Waals surface area contributed by atoms with Gasteiger partial charge in [0, 0.05) is 11.6 Å². The minimum absolute atomic E-state index is 0.0749. The summed E-state index contributed by atoms with van der Waals surface area (Å²) in [5.41, 5.74) is 1.99. The topological polar surface area (TPSA) is 61.2 Å². The fourth-order valence-corrected chi connectivity index (χ4v) is 3.44. The van der Waals surface area contributed by atoms with Gasteiger partial charge in [0.25, 0.3) is 11.8 Å². The predicted octanol–water partition coefficient (Wildman–Crippen LogP) is 3.78. The van der Waals surface area contributed by atoms with Gasteiger partial charge in [-0.15, -0.1) is 0 Å². The number of amides is 2. The third kappa shape index (κ3) is 3.32. The second-order valence-corrected chi connectivity index (χ2v) is 6.38. The molecule has 0 bridgehead atoms. The molecule has 0 atom stereocenters. The molecule has 0 unspecified atom stereocenters. The molecule has 4 nitrogen and oxygen atoms in total. The van der Waals surface area contributed by atoms with Crippen molar-refractivity contribution in [3.05, 3.63) is 64.8 Å². The summed E-state index contributed by atoms with van der Waals surface area (Å²) >= 11 is 0. The van der Waals surface area contributed by atoms with Gasteiger partial charge in [-0.1, -0.05) is 55.3 Å². The Kier molecular flexibility index (Phi) is 4.95. The van der Waals surface area contributed by atoms with Crippen LogP contribution in [0.25, 0.3) is 6.08 Å². The molecule has 2 amide bonds. The van der Waals surface area contributed by atoms with Crippen molar-refractivity contribution in [2.45, 2.75) is 38.6 Å². The van der Waals surface area contributed by atoms with Gasteiger partial charge >= 0.3 is 0 Å². The lowest BCUT2D eigenvalue weighted by Gasteiger charge is -2.31. The average molecular weight is 332 g/mol. The van der Waals surface area contributed by atoms with E-state index in [9.17, 15) is 14.9 Å². The number of nitrogens with zero attached hydrogens (tertiary/aromatic N) is 2. The summed E-state index contributed by atoms with van der Waals surface area (Å²) in [4.78, 5) is 26.8. The SMILES string of the molecule is CC1=C(C#N)C(=O)N(C2CCCC2)C(=O)/C1=C\C=C\c1ccccc1. The zero-order chi connectivity index (χ0) is 17.8. The summed E-state index contributed by atoms with van der Waals surface area (Å²) in [6.07, 6.45) is 9.07. The summed E-state index contributed by atoms with van der Waals surface area (Å²) < 4.78 is 0. The smallest absolute Gasteiger partial charge is 0.271 e. The highest BCUT2D eigenvalue weighted by atomic mass is 16.2. The number of benzene rings is 1. The highest BCUT2D eigenvalue weighted by Crippen LogP contribution is 2.32. The summed E-state index contributed by atoms with van der Waals surface area (Å²) in [5, 5.41) is 9.39. The quantitative estimate of drug-likeness (QED) is 0.625. The van der Waals surface area contributed by atoms with E-state index in [0.29, 0.717) is 11.1 Å². The number of nitriles is 1. The van der Waals surface area contributed by atoms with Crippen LogP contribution in [0.3, 0.4) is 0 Å². The van der Waals surface area contributed by atoms with Gasteiger partial charge in [-0.2, -0.15) is 5.26 Å². The summed E-state index contributed by atoms with van der Waals surface area (Å²) in [5.74, 6) is -0.729. The Morgan fingerprint density at radius 3 is 2.44 bits per heavy atom. The largest absolute Gasteiger partial charge is 0.271 e. The molecule has 25 heavy (non-hydrogen) atoms. The normalized spacial score (nSPS) is 20.8. The molecule has 0 spiro atoms. The molecular formula is C21H20N2O2. The van der Waals surface area contributed by atoms with Crippen molar-refractivity contribution in [1.29, 1.82) is 5.26 Å². The van der Waals surface area contributed by atoms with Crippen molar-refractivity contribution < 1.29 is 9.59 Å². The molecule has 0 radical (unpaired) electrons. The number of carbonyl (C=O) groups excluding carboxylic acids is 2. The van der Waals surface area contributed by atoms with E-state index in [1.807, 2.05) is 42.5 Å². The van der Waals surface area contributed by atoms with Crippen LogP contribution in [0.15, 0.2) is 59.2 Å². The lowest BCUT2D eigenvalue weighted by atomic mass is 9.93. The van der Waals surface area contributed by atoms with E-state index in [0.717, 1.165) is 31.2 Å². The number of hydrogen-bond acceptors (Lipinski definition) is 3. The van der Waals surface area contributed by atoms with Gasteiger partial charge in [0.05, 0.1) is 0 Å². The Morgan fingerprint density at radius 2 is 1.80 bits per heavy atom. The maximum atomic E-state index is 12.9. The molecule has 1 heterocycles. The lowest BCUT2D eigenvalue weighted by Crippen LogP contribution is -2.47. The van der Waals surface area contributed by atoms with E-state index < -0.39 is 5.91 Å². The van der Waals surface area contributed by atoms with Gasteiger partial charge in [-0.05, 0) is 37.0 Å². The van der Waals surface area contributed by atoms with Crippen LogP contribution in [0.4, 0.5) is 0 Å². The van der Waals surface area contributed by atoms with Gasteiger partial charge in [0.1, 0.15) is 11.6 Å². The molecule has 0 saturated heterocycles. The van der Waals surface area contributed by atoms with Gasteiger partial charge in [0.15, 0.2) is 0 Å². The molecule has 1 aliphatic heterocycles. The third-order valence-corrected chi connectivity index (χ3v) is 4.81. The first-order valence-electron chi connectivity index (χ1n) is 8.56. The van der Waals surface area contributed by atoms with E-state index in [1.165, 1.54) is 4.90 Å². The molecule has 4 heteroatoms. The molecule has 1 aromatic rings. The highest BCUT2D eigenvalue weighted by molar-refractivity contribution is 6.18. The van der Waals surface area contributed by atoms with E-state index >= 15 is 0 Å². The van der Waals surface area contributed by atoms with Gasteiger partial charge in [0.2, 0.25) is 0 Å². The summed E-state index contributed by atoms with van der Waals surface area (Å²) in [7, 11) is 0. The van der Waals surface area contributed by atoms with Crippen LogP contribution in [-0.4, -0.2) is 22.8 Å². The van der Waals surface area contributed by atoms with Crippen molar-refractivity contribution in [2.75, 3.05) is 0 Å². The van der Waals surface area contributed by atoms with Crippen molar-refractivity contribution in [3.63, 3.8) is 0 Å². The average Bonchev–Trinajstić information content (AvgIpc) is 3.13. The van der Waals surface area contributed by atoms with E-state index in [1.54, 1.807) is 19.1 Å². The van der Waals surface area contributed by atoms with Gasteiger partial charge < -0.3 is 0 Å². The van der Waals surface area contributed by atoms with Crippen LogP contribution in [0.1, 0.15) is 38.2 Å². The molecule has 1 aromatic carbocycles. The Bertz CT molecular complexity index is 819. The summed E-state index contributed by atoms with van der Waals surface area (Å²) in [6, 6.07) is 11.7. The van der Waals surface area contributed by atoms with Gasteiger partial charge in [-0.3, -0.25) is 14.5 Å². The number of hydrogen-bond donors (Lipinski definition) is 0. The van der Waals surface area contributed by atoms with E-state index in [-0.39, 0.29) is 17.5 Å². The van der Waals surface area contributed by atoms with Crippen LogP contribution in [0.5, 0.6) is 0 Å². The zero-order valence-electron chi connectivity index (χ0n) is 14.2. The fourth-order valence-electron chi connectivity index (χ4n) is 3.44. The number of rotatable bonds is 3. The molecule has 126 valence electrons. The third-order valence-electron chi connectivity index (χ3n) is 4.81. The second-order valence-electron chi connectivity index (χ2n) is 6.38. The molecule has 1 saturated carbocycles. The van der Waals surface area contributed by atoms with Crippen molar-refractivity contribution in [3.8, 4) is 6.07 Å². The Morgan fingerprint density at radius 1 is 1.12 bits per heavy atom. The van der Waals surface area contributed by atoms with Crippen LogP contribution >= 0.6 is 0 Å². The lowest BCUT2D eigenvalue weighted by molar-refractivity contribution is -0.143. The highest BCUT2D eigenvalue weighted by Gasteiger charge is 2.40. The zero-order valence-corrected chi connectivity index (χ0v) is 14.2. The first-order valence-corrected chi connectivity index (χ1v) is 8.56. The first kappa shape index (κ1) is 16.9. The molecular weight excluding hydrogens is 312 g/mol. The van der Waals surface area contributed by atoms with Crippen LogP contribution in [0.2, 0.25) is 0 Å². The van der Waals surface area contributed by atoms with Gasteiger partial charge in [-0.25, -0.2) is 0 Å². The minimum Gasteiger partial charge on any atom is -0.271 e. The Labute approximate surface area is 147 Å². The molecule has 0 aromatic heterocycles. The summed E-state index contributed by atoms with van der Waals surface area (Å²) in [6.45, 7) is 1.67. The molecule has 1 fully saturated rings. The number of allylic oxidation sites excluding steroid dienone is 2. The molecule has 3 rings (SSSR count).